The maximum atomic E-state index is 12.0. The van der Waals surface area contributed by atoms with Gasteiger partial charge >= 0.3 is 0 Å². The summed E-state index contributed by atoms with van der Waals surface area (Å²) in [5.74, 6) is 0.00924. The summed E-state index contributed by atoms with van der Waals surface area (Å²) in [5, 5.41) is 6.29. The number of hydrogen-bond acceptors (Lipinski definition) is 4. The Kier molecular flexibility index (Phi) is 10.9. The van der Waals surface area contributed by atoms with Crippen LogP contribution in [0.5, 0.6) is 0 Å². The third kappa shape index (κ3) is 8.65. The highest BCUT2D eigenvalue weighted by Crippen LogP contribution is 2.05. The van der Waals surface area contributed by atoms with E-state index in [1.54, 1.807) is 11.8 Å². The molecule has 0 atom stereocenters. The highest BCUT2D eigenvalue weighted by Gasteiger charge is 2.12. The van der Waals surface area contributed by atoms with Crippen LogP contribution in [0.3, 0.4) is 0 Å². The van der Waals surface area contributed by atoms with Gasteiger partial charge in [0.15, 0.2) is 0 Å². The van der Waals surface area contributed by atoms with Gasteiger partial charge in [0.2, 0.25) is 11.8 Å². The summed E-state index contributed by atoms with van der Waals surface area (Å²) in [6.07, 6.45) is 1.31. The standard InChI is InChI=1S/C19H30N4O2.ClH/c1-17(24)23(16-18-6-3-2-4-7-18)13-8-19(25)21-9-5-12-22-14-10-20-11-15-22;/h2-4,6-7,20H,5,8-16H2,1H3,(H,21,25);1H. The van der Waals surface area contributed by atoms with Gasteiger partial charge in [0.1, 0.15) is 0 Å². The third-order valence-electron chi connectivity index (χ3n) is 4.45. The number of rotatable bonds is 9. The van der Waals surface area contributed by atoms with Crippen molar-refractivity contribution in [2.45, 2.75) is 26.3 Å². The van der Waals surface area contributed by atoms with Crippen LogP contribution in [-0.4, -0.2) is 67.4 Å². The van der Waals surface area contributed by atoms with Crippen LogP contribution in [0.4, 0.5) is 0 Å². The Morgan fingerprint density at radius 1 is 1.19 bits per heavy atom. The van der Waals surface area contributed by atoms with Gasteiger partial charge in [-0.3, -0.25) is 9.59 Å². The van der Waals surface area contributed by atoms with E-state index in [2.05, 4.69) is 15.5 Å². The van der Waals surface area contributed by atoms with Crippen molar-refractivity contribution in [1.82, 2.24) is 20.4 Å². The fourth-order valence-corrected chi connectivity index (χ4v) is 2.94. The molecule has 0 saturated carbocycles. The molecule has 0 bridgehead atoms. The van der Waals surface area contributed by atoms with Gasteiger partial charge in [0.05, 0.1) is 0 Å². The van der Waals surface area contributed by atoms with E-state index < -0.39 is 0 Å². The fourth-order valence-electron chi connectivity index (χ4n) is 2.94. The van der Waals surface area contributed by atoms with E-state index in [1.165, 1.54) is 0 Å². The minimum Gasteiger partial charge on any atom is -0.356 e. The van der Waals surface area contributed by atoms with E-state index in [1.807, 2.05) is 30.3 Å². The van der Waals surface area contributed by atoms with Crippen molar-refractivity contribution in [1.29, 1.82) is 0 Å². The van der Waals surface area contributed by atoms with Gasteiger partial charge in [0, 0.05) is 59.2 Å². The monoisotopic (exact) mass is 382 g/mol. The molecule has 0 spiro atoms. The molecule has 2 N–H and O–H groups in total. The third-order valence-corrected chi connectivity index (χ3v) is 4.45. The van der Waals surface area contributed by atoms with Crippen molar-refractivity contribution in [3.05, 3.63) is 35.9 Å². The quantitative estimate of drug-likeness (QED) is 0.631. The Balaban J connectivity index is 0.00000338. The second-order valence-electron chi connectivity index (χ2n) is 6.47. The molecule has 1 saturated heterocycles. The predicted octanol–water partition coefficient (Wildman–Crippen LogP) is 1.26. The fraction of sp³-hybridized carbons (Fsp3) is 0.579. The first-order chi connectivity index (χ1) is 12.1. The minimum absolute atomic E-state index is 0. The zero-order chi connectivity index (χ0) is 17.9. The van der Waals surface area contributed by atoms with Gasteiger partial charge in [-0.1, -0.05) is 30.3 Å². The molecule has 26 heavy (non-hydrogen) atoms. The van der Waals surface area contributed by atoms with Crippen molar-refractivity contribution >= 4 is 24.2 Å². The lowest BCUT2D eigenvalue weighted by Gasteiger charge is -2.27. The number of nitrogens with zero attached hydrogens (tertiary/aromatic N) is 2. The van der Waals surface area contributed by atoms with Crippen molar-refractivity contribution < 1.29 is 9.59 Å². The van der Waals surface area contributed by atoms with Gasteiger partial charge in [-0.25, -0.2) is 0 Å². The van der Waals surface area contributed by atoms with E-state index in [0.29, 0.717) is 26.1 Å². The molecule has 0 aromatic heterocycles. The van der Waals surface area contributed by atoms with Crippen LogP contribution in [0, 0.1) is 0 Å². The normalized spacial score (nSPS) is 14.3. The molecule has 146 valence electrons. The maximum absolute atomic E-state index is 12.0. The lowest BCUT2D eigenvalue weighted by atomic mass is 10.2. The number of benzene rings is 1. The summed E-state index contributed by atoms with van der Waals surface area (Å²) in [5.41, 5.74) is 1.08. The number of halogens is 1. The van der Waals surface area contributed by atoms with Gasteiger partial charge in [-0.15, -0.1) is 12.4 Å². The van der Waals surface area contributed by atoms with E-state index >= 15 is 0 Å². The van der Waals surface area contributed by atoms with Crippen LogP contribution in [-0.2, 0) is 16.1 Å². The zero-order valence-electron chi connectivity index (χ0n) is 15.6. The Hall–Kier alpha value is -1.63. The van der Waals surface area contributed by atoms with Crippen LogP contribution >= 0.6 is 12.4 Å². The molecular formula is C19H31ClN4O2. The summed E-state index contributed by atoms with van der Waals surface area (Å²) < 4.78 is 0. The van der Waals surface area contributed by atoms with E-state index in [4.69, 9.17) is 0 Å². The van der Waals surface area contributed by atoms with Crippen LogP contribution in [0.25, 0.3) is 0 Å². The zero-order valence-corrected chi connectivity index (χ0v) is 16.4. The van der Waals surface area contributed by atoms with E-state index in [9.17, 15) is 9.59 Å². The first kappa shape index (κ1) is 22.4. The SMILES string of the molecule is CC(=O)N(CCC(=O)NCCCN1CCNCC1)Cc1ccccc1.Cl. The smallest absolute Gasteiger partial charge is 0.221 e. The second kappa shape index (κ2) is 12.7. The first-order valence-corrected chi connectivity index (χ1v) is 9.14. The van der Waals surface area contributed by atoms with Crippen molar-refractivity contribution in [2.75, 3.05) is 45.8 Å². The van der Waals surface area contributed by atoms with Crippen LogP contribution < -0.4 is 10.6 Å². The van der Waals surface area contributed by atoms with Gasteiger partial charge < -0.3 is 20.4 Å². The topological polar surface area (TPSA) is 64.7 Å². The highest BCUT2D eigenvalue weighted by molar-refractivity contribution is 5.85. The molecule has 2 amide bonds. The Morgan fingerprint density at radius 2 is 1.88 bits per heavy atom. The highest BCUT2D eigenvalue weighted by atomic mass is 35.5. The molecule has 6 nitrogen and oxygen atoms in total. The van der Waals surface area contributed by atoms with Crippen molar-refractivity contribution in [2.24, 2.45) is 0 Å². The average molecular weight is 383 g/mol. The molecule has 1 aromatic rings. The molecular weight excluding hydrogens is 352 g/mol. The number of carbonyl (C=O) groups excluding carboxylic acids is 2. The average Bonchev–Trinajstić information content (AvgIpc) is 2.63. The van der Waals surface area contributed by atoms with E-state index in [-0.39, 0.29) is 24.2 Å². The molecule has 0 unspecified atom stereocenters. The van der Waals surface area contributed by atoms with Crippen LogP contribution in [0.1, 0.15) is 25.3 Å². The van der Waals surface area contributed by atoms with Gasteiger partial charge in [-0.2, -0.15) is 0 Å². The van der Waals surface area contributed by atoms with Crippen LogP contribution in [0.15, 0.2) is 30.3 Å². The predicted molar refractivity (Wildman–Crippen MR) is 106 cm³/mol. The molecule has 0 radical (unpaired) electrons. The van der Waals surface area contributed by atoms with E-state index in [0.717, 1.165) is 44.7 Å². The Bertz CT molecular complexity index is 536. The summed E-state index contributed by atoms with van der Waals surface area (Å²) in [6.45, 7) is 8.54. The van der Waals surface area contributed by atoms with Gasteiger partial charge in [-0.05, 0) is 18.5 Å². The molecule has 1 aromatic carbocycles. The van der Waals surface area contributed by atoms with Crippen molar-refractivity contribution in [3.8, 4) is 0 Å². The minimum atomic E-state index is -0.00430. The molecule has 2 rings (SSSR count). The van der Waals surface area contributed by atoms with Crippen molar-refractivity contribution in [3.63, 3.8) is 0 Å². The maximum Gasteiger partial charge on any atom is 0.221 e. The largest absolute Gasteiger partial charge is 0.356 e. The summed E-state index contributed by atoms with van der Waals surface area (Å²) in [6, 6.07) is 9.85. The second-order valence-corrected chi connectivity index (χ2v) is 6.47. The molecule has 1 aliphatic rings. The molecule has 1 aliphatic heterocycles. The summed E-state index contributed by atoms with van der Waals surface area (Å²) in [7, 11) is 0. The number of piperazine rings is 1. The lowest BCUT2D eigenvalue weighted by molar-refractivity contribution is -0.130. The summed E-state index contributed by atoms with van der Waals surface area (Å²) in [4.78, 5) is 27.9. The van der Waals surface area contributed by atoms with Gasteiger partial charge in [0.25, 0.3) is 0 Å². The molecule has 7 heteroatoms. The number of carbonyl (C=O) groups is 2. The summed E-state index contributed by atoms with van der Waals surface area (Å²) >= 11 is 0. The number of nitrogens with one attached hydrogen (secondary N) is 2. The Morgan fingerprint density at radius 3 is 2.54 bits per heavy atom. The molecule has 0 aliphatic carbocycles. The Labute approximate surface area is 162 Å². The number of hydrogen-bond donors (Lipinski definition) is 2. The first-order valence-electron chi connectivity index (χ1n) is 9.14. The lowest BCUT2D eigenvalue weighted by Crippen LogP contribution is -2.44. The molecule has 1 heterocycles. The van der Waals surface area contributed by atoms with Crippen LogP contribution in [0.2, 0.25) is 0 Å². The molecule has 1 fully saturated rings. The number of amides is 2.